The summed E-state index contributed by atoms with van der Waals surface area (Å²) in [5, 5.41) is 2.79. The predicted molar refractivity (Wildman–Crippen MR) is 53.7 cm³/mol. The first-order chi connectivity index (χ1) is 5.89. The van der Waals surface area contributed by atoms with E-state index in [1.165, 1.54) is 11.3 Å². The molecule has 0 aliphatic rings. The van der Waals surface area contributed by atoms with Gasteiger partial charge in [0.2, 0.25) is 5.91 Å². The quantitative estimate of drug-likeness (QED) is 0.782. The highest BCUT2D eigenvalue weighted by molar-refractivity contribution is 7.09. The summed E-state index contributed by atoms with van der Waals surface area (Å²) in [7, 11) is 0. The van der Waals surface area contributed by atoms with Crippen molar-refractivity contribution in [2.24, 2.45) is 5.73 Å². The van der Waals surface area contributed by atoms with Gasteiger partial charge in [-0.25, -0.2) is 4.98 Å². The number of hydrogen-bond donors (Lipinski definition) is 1. The van der Waals surface area contributed by atoms with E-state index in [4.69, 9.17) is 5.73 Å². The van der Waals surface area contributed by atoms with Crippen LogP contribution in [0.15, 0.2) is 5.38 Å². The Kier molecular flexibility index (Phi) is 2.71. The number of thiazole rings is 1. The van der Waals surface area contributed by atoms with Crippen LogP contribution in [0.3, 0.4) is 0 Å². The first kappa shape index (κ1) is 10.2. The molecule has 0 radical (unpaired) electrons. The van der Waals surface area contributed by atoms with Gasteiger partial charge in [0.15, 0.2) is 0 Å². The number of amides is 1. The Morgan fingerprint density at radius 3 is 2.62 bits per heavy atom. The Morgan fingerprint density at radius 1 is 1.62 bits per heavy atom. The molecular weight excluding hydrogens is 184 g/mol. The summed E-state index contributed by atoms with van der Waals surface area (Å²) in [6, 6.07) is 0. The second-order valence-electron chi connectivity index (χ2n) is 4.02. The molecule has 0 unspecified atom stereocenters. The molecule has 72 valence electrons. The van der Waals surface area contributed by atoms with Crippen LogP contribution in [0, 0.1) is 0 Å². The molecule has 0 saturated heterocycles. The van der Waals surface area contributed by atoms with Crippen molar-refractivity contribution in [1.82, 2.24) is 4.98 Å². The SMILES string of the molecule is CC(C)(C)c1csc(CC(N)=O)n1. The van der Waals surface area contributed by atoms with Crippen LogP contribution in [0.1, 0.15) is 31.5 Å². The van der Waals surface area contributed by atoms with Crippen LogP contribution in [-0.4, -0.2) is 10.9 Å². The van der Waals surface area contributed by atoms with E-state index < -0.39 is 0 Å². The number of nitrogens with zero attached hydrogens (tertiary/aromatic N) is 1. The summed E-state index contributed by atoms with van der Waals surface area (Å²) >= 11 is 1.49. The van der Waals surface area contributed by atoms with Crippen molar-refractivity contribution in [3.8, 4) is 0 Å². The molecule has 0 saturated carbocycles. The second-order valence-corrected chi connectivity index (χ2v) is 4.96. The van der Waals surface area contributed by atoms with Crippen molar-refractivity contribution in [2.75, 3.05) is 0 Å². The third-order valence-corrected chi connectivity index (χ3v) is 2.49. The standard InChI is InChI=1S/C9H14N2OS/c1-9(2,3)6-5-13-8(11-6)4-7(10)12/h5H,4H2,1-3H3,(H2,10,12). The van der Waals surface area contributed by atoms with Crippen molar-refractivity contribution in [3.63, 3.8) is 0 Å². The molecule has 1 aromatic heterocycles. The molecule has 13 heavy (non-hydrogen) atoms. The Balaban J connectivity index is 2.81. The molecule has 1 amide bonds. The molecule has 3 nitrogen and oxygen atoms in total. The fourth-order valence-electron chi connectivity index (χ4n) is 0.886. The summed E-state index contributed by atoms with van der Waals surface area (Å²) in [6.07, 6.45) is 0.251. The number of rotatable bonds is 2. The zero-order valence-corrected chi connectivity index (χ0v) is 8.94. The van der Waals surface area contributed by atoms with Crippen LogP contribution in [0.25, 0.3) is 0 Å². The number of carbonyl (C=O) groups excluding carboxylic acids is 1. The maximum Gasteiger partial charge on any atom is 0.224 e. The zero-order chi connectivity index (χ0) is 10.1. The summed E-state index contributed by atoms with van der Waals surface area (Å²) in [5.41, 5.74) is 6.14. The lowest BCUT2D eigenvalue weighted by Crippen LogP contribution is -2.15. The predicted octanol–water partition coefficient (Wildman–Crippen LogP) is 1.47. The lowest BCUT2D eigenvalue weighted by molar-refractivity contribution is -0.117. The van der Waals surface area contributed by atoms with Crippen LogP contribution in [0.2, 0.25) is 0 Å². The average molecular weight is 198 g/mol. The molecule has 0 aliphatic carbocycles. The molecule has 1 rings (SSSR count). The first-order valence-electron chi connectivity index (χ1n) is 4.13. The Morgan fingerprint density at radius 2 is 2.23 bits per heavy atom. The van der Waals surface area contributed by atoms with E-state index in [0.29, 0.717) is 0 Å². The van der Waals surface area contributed by atoms with E-state index >= 15 is 0 Å². The van der Waals surface area contributed by atoms with Crippen molar-refractivity contribution in [2.45, 2.75) is 32.6 Å². The van der Waals surface area contributed by atoms with Gasteiger partial charge in [0.1, 0.15) is 5.01 Å². The van der Waals surface area contributed by atoms with Crippen molar-refractivity contribution < 1.29 is 4.79 Å². The van der Waals surface area contributed by atoms with E-state index in [9.17, 15) is 4.79 Å². The van der Waals surface area contributed by atoms with Crippen molar-refractivity contribution in [1.29, 1.82) is 0 Å². The van der Waals surface area contributed by atoms with E-state index in [1.54, 1.807) is 0 Å². The fourth-order valence-corrected chi connectivity index (χ4v) is 1.92. The highest BCUT2D eigenvalue weighted by Crippen LogP contribution is 2.23. The van der Waals surface area contributed by atoms with Crippen LogP contribution < -0.4 is 5.73 Å². The molecule has 4 heteroatoms. The number of aromatic nitrogens is 1. The minimum Gasteiger partial charge on any atom is -0.369 e. The molecule has 0 aromatic carbocycles. The summed E-state index contributed by atoms with van der Waals surface area (Å²) < 4.78 is 0. The number of hydrogen-bond acceptors (Lipinski definition) is 3. The van der Waals surface area contributed by atoms with Gasteiger partial charge in [-0.2, -0.15) is 0 Å². The fraction of sp³-hybridized carbons (Fsp3) is 0.556. The van der Waals surface area contributed by atoms with Gasteiger partial charge >= 0.3 is 0 Å². The van der Waals surface area contributed by atoms with Gasteiger partial charge < -0.3 is 5.73 Å². The number of carbonyl (C=O) groups is 1. The third kappa shape index (κ3) is 2.81. The van der Waals surface area contributed by atoms with Gasteiger partial charge in [0, 0.05) is 10.8 Å². The van der Waals surface area contributed by atoms with Gasteiger partial charge in [0.25, 0.3) is 0 Å². The largest absolute Gasteiger partial charge is 0.369 e. The number of primary amides is 1. The molecule has 1 heterocycles. The zero-order valence-electron chi connectivity index (χ0n) is 8.13. The van der Waals surface area contributed by atoms with E-state index in [0.717, 1.165) is 10.7 Å². The Labute approximate surface area is 82.0 Å². The highest BCUT2D eigenvalue weighted by atomic mass is 32.1. The average Bonchev–Trinajstić information content (AvgIpc) is 2.32. The van der Waals surface area contributed by atoms with Gasteiger partial charge in [-0.05, 0) is 0 Å². The first-order valence-corrected chi connectivity index (χ1v) is 5.01. The minimum absolute atomic E-state index is 0.0480. The maximum absolute atomic E-state index is 10.6. The molecule has 0 spiro atoms. The Hall–Kier alpha value is -0.900. The third-order valence-electron chi connectivity index (χ3n) is 1.65. The maximum atomic E-state index is 10.6. The Bertz CT molecular complexity index is 312. The van der Waals surface area contributed by atoms with Crippen LogP contribution >= 0.6 is 11.3 Å². The summed E-state index contributed by atoms with van der Waals surface area (Å²) in [4.78, 5) is 15.0. The van der Waals surface area contributed by atoms with Gasteiger partial charge in [-0.3, -0.25) is 4.79 Å². The molecule has 2 N–H and O–H groups in total. The van der Waals surface area contributed by atoms with E-state index in [2.05, 4.69) is 25.8 Å². The van der Waals surface area contributed by atoms with Gasteiger partial charge in [-0.1, -0.05) is 20.8 Å². The molecule has 0 fully saturated rings. The van der Waals surface area contributed by atoms with Crippen LogP contribution in [0.4, 0.5) is 0 Å². The van der Waals surface area contributed by atoms with Crippen molar-refractivity contribution >= 4 is 17.2 Å². The van der Waals surface area contributed by atoms with Crippen LogP contribution in [0.5, 0.6) is 0 Å². The number of nitrogens with two attached hydrogens (primary N) is 1. The molecular formula is C9H14N2OS. The van der Waals surface area contributed by atoms with Crippen LogP contribution in [-0.2, 0) is 16.6 Å². The van der Waals surface area contributed by atoms with Gasteiger partial charge in [-0.15, -0.1) is 11.3 Å². The summed E-state index contributed by atoms with van der Waals surface area (Å²) in [5.74, 6) is -0.324. The lowest BCUT2D eigenvalue weighted by atomic mass is 9.93. The smallest absolute Gasteiger partial charge is 0.224 e. The normalized spacial score (nSPS) is 11.6. The van der Waals surface area contributed by atoms with Gasteiger partial charge in [0.05, 0.1) is 12.1 Å². The van der Waals surface area contributed by atoms with E-state index in [-0.39, 0.29) is 17.7 Å². The topological polar surface area (TPSA) is 56.0 Å². The molecule has 0 atom stereocenters. The summed E-state index contributed by atoms with van der Waals surface area (Å²) in [6.45, 7) is 6.28. The second kappa shape index (κ2) is 3.46. The lowest BCUT2D eigenvalue weighted by Gasteiger charge is -2.14. The van der Waals surface area contributed by atoms with Crippen molar-refractivity contribution in [3.05, 3.63) is 16.1 Å². The highest BCUT2D eigenvalue weighted by Gasteiger charge is 2.17. The van der Waals surface area contributed by atoms with E-state index in [1.807, 2.05) is 5.38 Å². The molecule has 0 aliphatic heterocycles. The molecule has 1 aromatic rings. The molecule has 0 bridgehead atoms. The monoisotopic (exact) mass is 198 g/mol. The minimum atomic E-state index is -0.324.